The number of carbonyl (C=O) groups excluding carboxylic acids is 2. The molecule has 5 heteroatoms. The fourth-order valence-electron chi connectivity index (χ4n) is 1.74. The van der Waals surface area contributed by atoms with Crippen molar-refractivity contribution < 1.29 is 14.3 Å². The summed E-state index contributed by atoms with van der Waals surface area (Å²) < 4.78 is 5.12. The zero-order chi connectivity index (χ0) is 15.9. The molecule has 116 valence electrons. The number of hydrogen-bond acceptors (Lipinski definition) is 3. The Balaban J connectivity index is 2.22. The number of benzene rings is 1. The average molecular weight is 312 g/mol. The van der Waals surface area contributed by atoms with Crippen LogP contribution >= 0.6 is 11.6 Å². The third kappa shape index (κ3) is 7.14. The second-order valence-corrected chi connectivity index (χ2v) is 6.20. The first-order valence-electron chi connectivity index (χ1n) is 7.04. The van der Waals surface area contributed by atoms with Crippen LogP contribution in [0, 0.1) is 0 Å². The van der Waals surface area contributed by atoms with E-state index in [1.807, 2.05) is 20.8 Å². The summed E-state index contributed by atoms with van der Waals surface area (Å²) in [6, 6.07) is 7.02. The van der Waals surface area contributed by atoms with E-state index in [4.69, 9.17) is 16.3 Å². The van der Waals surface area contributed by atoms with Crippen LogP contribution in [0.4, 0.5) is 4.79 Å². The molecule has 0 bridgehead atoms. The molecule has 1 rings (SSSR count). The van der Waals surface area contributed by atoms with Gasteiger partial charge >= 0.3 is 6.09 Å². The molecule has 0 fully saturated rings. The van der Waals surface area contributed by atoms with E-state index in [1.165, 1.54) is 0 Å². The minimum absolute atomic E-state index is 0.0258. The largest absolute Gasteiger partial charge is 0.444 e. The van der Waals surface area contributed by atoms with E-state index in [9.17, 15) is 9.59 Å². The Hall–Kier alpha value is -1.55. The molecular formula is C16H22ClNO3. The second kappa shape index (κ2) is 8.03. The number of amides is 1. The maximum atomic E-state index is 12.0. The van der Waals surface area contributed by atoms with E-state index in [0.29, 0.717) is 30.0 Å². The quantitative estimate of drug-likeness (QED) is 0.632. The molecule has 1 amide bonds. The number of alkyl carbamates (subject to hydrolysis) is 1. The molecule has 4 nitrogen and oxygen atoms in total. The lowest BCUT2D eigenvalue weighted by Crippen LogP contribution is -2.33. The van der Waals surface area contributed by atoms with Crippen LogP contribution in [0.15, 0.2) is 24.3 Å². The highest BCUT2D eigenvalue weighted by molar-refractivity contribution is 6.33. The number of rotatable bonds is 6. The summed E-state index contributed by atoms with van der Waals surface area (Å²) in [5, 5.41) is 3.15. The first-order chi connectivity index (χ1) is 9.79. The van der Waals surface area contributed by atoms with Crippen LogP contribution in [0.3, 0.4) is 0 Å². The van der Waals surface area contributed by atoms with E-state index in [1.54, 1.807) is 24.3 Å². The normalized spacial score (nSPS) is 11.0. The number of unbranched alkanes of at least 4 members (excludes halogenated alkanes) is 1. The SMILES string of the molecule is CC(C)(C)OC(=O)NCCCCC(=O)c1ccccc1Cl. The monoisotopic (exact) mass is 311 g/mol. The second-order valence-electron chi connectivity index (χ2n) is 5.79. The molecule has 0 radical (unpaired) electrons. The Morgan fingerprint density at radius 1 is 1.19 bits per heavy atom. The molecule has 0 heterocycles. The van der Waals surface area contributed by atoms with E-state index < -0.39 is 11.7 Å². The lowest BCUT2D eigenvalue weighted by Gasteiger charge is -2.19. The zero-order valence-electron chi connectivity index (χ0n) is 12.7. The van der Waals surface area contributed by atoms with Crippen molar-refractivity contribution >= 4 is 23.5 Å². The molecule has 0 spiro atoms. The van der Waals surface area contributed by atoms with Gasteiger partial charge in [0.25, 0.3) is 0 Å². The number of ether oxygens (including phenoxy) is 1. The van der Waals surface area contributed by atoms with Gasteiger partial charge in [-0.2, -0.15) is 0 Å². The van der Waals surface area contributed by atoms with Crippen molar-refractivity contribution in [3.8, 4) is 0 Å². The molecule has 0 aliphatic carbocycles. The maximum absolute atomic E-state index is 12.0. The summed E-state index contributed by atoms with van der Waals surface area (Å²) in [6.45, 7) is 5.93. The first kappa shape index (κ1) is 17.5. The number of halogens is 1. The van der Waals surface area contributed by atoms with Crippen molar-refractivity contribution in [2.45, 2.75) is 45.6 Å². The Labute approximate surface area is 130 Å². The van der Waals surface area contributed by atoms with Gasteiger partial charge in [-0.05, 0) is 45.7 Å². The van der Waals surface area contributed by atoms with Crippen LogP contribution < -0.4 is 5.32 Å². The predicted molar refractivity (Wildman–Crippen MR) is 83.9 cm³/mol. The zero-order valence-corrected chi connectivity index (χ0v) is 13.5. The highest BCUT2D eigenvalue weighted by Crippen LogP contribution is 2.17. The van der Waals surface area contributed by atoms with E-state index >= 15 is 0 Å². The number of ketones is 1. The van der Waals surface area contributed by atoms with Crippen LogP contribution in [0.5, 0.6) is 0 Å². The van der Waals surface area contributed by atoms with Crippen LogP contribution in [-0.4, -0.2) is 24.0 Å². The summed E-state index contributed by atoms with van der Waals surface area (Å²) in [5.74, 6) is 0.0258. The average Bonchev–Trinajstić information content (AvgIpc) is 2.36. The number of Topliss-reactive ketones (excluding diaryl/α,β-unsaturated/α-hetero) is 1. The number of hydrogen-bond donors (Lipinski definition) is 1. The summed E-state index contributed by atoms with van der Waals surface area (Å²) >= 11 is 5.97. The van der Waals surface area contributed by atoms with Crippen molar-refractivity contribution in [2.75, 3.05) is 6.54 Å². The summed E-state index contributed by atoms with van der Waals surface area (Å²) in [5.41, 5.74) is 0.0590. The third-order valence-corrected chi connectivity index (χ3v) is 3.00. The van der Waals surface area contributed by atoms with Gasteiger partial charge in [0.15, 0.2) is 5.78 Å². The molecule has 1 N–H and O–H groups in total. The van der Waals surface area contributed by atoms with E-state index in [0.717, 1.165) is 6.42 Å². The minimum atomic E-state index is -0.496. The molecule has 1 aromatic rings. The number of carbonyl (C=O) groups is 2. The summed E-state index contributed by atoms with van der Waals surface area (Å²) in [6.07, 6.45) is 1.40. The number of nitrogens with one attached hydrogen (secondary N) is 1. The Morgan fingerprint density at radius 3 is 2.48 bits per heavy atom. The van der Waals surface area contributed by atoms with Gasteiger partial charge in [0.2, 0.25) is 0 Å². The van der Waals surface area contributed by atoms with Crippen molar-refractivity contribution in [3.05, 3.63) is 34.9 Å². The molecule has 0 saturated heterocycles. The minimum Gasteiger partial charge on any atom is -0.444 e. The van der Waals surface area contributed by atoms with Gasteiger partial charge in [-0.15, -0.1) is 0 Å². The summed E-state index contributed by atoms with van der Waals surface area (Å²) in [4.78, 5) is 23.4. The molecule has 0 unspecified atom stereocenters. The highest BCUT2D eigenvalue weighted by atomic mass is 35.5. The topological polar surface area (TPSA) is 55.4 Å². The van der Waals surface area contributed by atoms with Gasteiger partial charge in [0.1, 0.15) is 5.60 Å². The molecular weight excluding hydrogens is 290 g/mol. The maximum Gasteiger partial charge on any atom is 0.407 e. The smallest absolute Gasteiger partial charge is 0.407 e. The van der Waals surface area contributed by atoms with Crippen LogP contribution in [0.2, 0.25) is 5.02 Å². The van der Waals surface area contributed by atoms with Gasteiger partial charge in [-0.1, -0.05) is 23.7 Å². The molecule has 0 aliphatic rings. The molecule has 0 saturated carbocycles. The standard InChI is InChI=1S/C16H22ClNO3/c1-16(2,3)21-15(20)18-11-7-6-10-14(19)12-8-4-5-9-13(12)17/h4-5,8-9H,6-7,10-11H2,1-3H3,(H,18,20). The predicted octanol–water partition coefficient (Wildman–Crippen LogP) is 4.22. The fraction of sp³-hybridized carbons (Fsp3) is 0.500. The Bertz CT molecular complexity index is 495. The van der Waals surface area contributed by atoms with Crippen molar-refractivity contribution in [3.63, 3.8) is 0 Å². The Morgan fingerprint density at radius 2 is 1.86 bits per heavy atom. The molecule has 0 aromatic heterocycles. The van der Waals surface area contributed by atoms with Crippen LogP contribution in [0.1, 0.15) is 50.4 Å². The molecule has 21 heavy (non-hydrogen) atoms. The van der Waals surface area contributed by atoms with Gasteiger partial charge in [0, 0.05) is 18.5 Å². The lowest BCUT2D eigenvalue weighted by atomic mass is 10.1. The van der Waals surface area contributed by atoms with Gasteiger partial charge in [-0.25, -0.2) is 4.79 Å². The molecule has 0 aliphatic heterocycles. The fourth-order valence-corrected chi connectivity index (χ4v) is 1.98. The Kier molecular flexibility index (Phi) is 6.69. The van der Waals surface area contributed by atoms with E-state index in [2.05, 4.69) is 5.32 Å². The van der Waals surface area contributed by atoms with Gasteiger partial charge in [0.05, 0.1) is 5.02 Å². The first-order valence-corrected chi connectivity index (χ1v) is 7.42. The molecule has 0 atom stereocenters. The van der Waals surface area contributed by atoms with Gasteiger partial charge in [-0.3, -0.25) is 4.79 Å². The van der Waals surface area contributed by atoms with E-state index in [-0.39, 0.29) is 5.78 Å². The van der Waals surface area contributed by atoms with Crippen LogP contribution in [0.25, 0.3) is 0 Å². The molecule has 1 aromatic carbocycles. The van der Waals surface area contributed by atoms with Crippen molar-refractivity contribution in [1.29, 1.82) is 0 Å². The van der Waals surface area contributed by atoms with Crippen molar-refractivity contribution in [1.82, 2.24) is 5.32 Å². The highest BCUT2D eigenvalue weighted by Gasteiger charge is 2.15. The third-order valence-electron chi connectivity index (χ3n) is 2.67. The van der Waals surface area contributed by atoms with Crippen molar-refractivity contribution in [2.24, 2.45) is 0 Å². The lowest BCUT2D eigenvalue weighted by molar-refractivity contribution is 0.0527. The van der Waals surface area contributed by atoms with Gasteiger partial charge < -0.3 is 10.1 Å². The summed E-state index contributed by atoms with van der Waals surface area (Å²) in [7, 11) is 0. The van der Waals surface area contributed by atoms with Crippen LogP contribution in [-0.2, 0) is 4.74 Å².